The average molecular weight is 527 g/mol. The Labute approximate surface area is 226 Å². The second kappa shape index (κ2) is 11.9. The maximum absolute atomic E-state index is 12.9. The highest BCUT2D eigenvalue weighted by Gasteiger charge is 2.35. The molecule has 4 amide bonds. The molecule has 39 heavy (non-hydrogen) atoms. The van der Waals surface area contributed by atoms with Gasteiger partial charge >= 0.3 is 0 Å². The van der Waals surface area contributed by atoms with Crippen molar-refractivity contribution < 1.29 is 23.9 Å². The molecule has 0 radical (unpaired) electrons. The van der Waals surface area contributed by atoms with E-state index in [1.807, 2.05) is 30.3 Å². The fraction of sp³-hybridized carbons (Fsp3) is 0.267. The van der Waals surface area contributed by atoms with Crippen LogP contribution in [0.1, 0.15) is 40.0 Å². The van der Waals surface area contributed by atoms with Gasteiger partial charge in [-0.15, -0.1) is 0 Å². The number of rotatable bonds is 8. The van der Waals surface area contributed by atoms with Gasteiger partial charge < -0.3 is 25.6 Å². The zero-order valence-corrected chi connectivity index (χ0v) is 21.4. The summed E-state index contributed by atoms with van der Waals surface area (Å²) in [6.45, 7) is 1.45. The molecule has 9 heteroatoms. The molecule has 0 aromatic heterocycles. The van der Waals surface area contributed by atoms with Crippen molar-refractivity contribution in [2.45, 2.75) is 25.4 Å². The molecule has 3 aromatic rings. The van der Waals surface area contributed by atoms with E-state index in [1.165, 1.54) is 0 Å². The number of carbonyl (C=O) groups is 4. The average Bonchev–Trinajstić information content (AvgIpc) is 3.63. The molecule has 3 N–H and O–H groups in total. The van der Waals surface area contributed by atoms with Crippen molar-refractivity contribution in [3.05, 3.63) is 90.0 Å². The van der Waals surface area contributed by atoms with Crippen LogP contribution < -0.4 is 20.9 Å². The lowest BCUT2D eigenvalue weighted by Crippen LogP contribution is -2.32. The minimum Gasteiger partial charge on any atom is -0.376 e. The first-order valence-corrected chi connectivity index (χ1v) is 13.0. The van der Waals surface area contributed by atoms with Gasteiger partial charge in [0.2, 0.25) is 11.8 Å². The van der Waals surface area contributed by atoms with Crippen molar-refractivity contribution in [2.24, 2.45) is 5.92 Å². The number of para-hydroxylation sites is 2. The normalized spacial score (nSPS) is 18.6. The van der Waals surface area contributed by atoms with Gasteiger partial charge in [0.15, 0.2) is 0 Å². The Morgan fingerprint density at radius 3 is 2.36 bits per heavy atom. The molecule has 200 valence electrons. The minimum absolute atomic E-state index is 0.0201. The first-order valence-electron chi connectivity index (χ1n) is 13.0. The van der Waals surface area contributed by atoms with Crippen molar-refractivity contribution in [2.75, 3.05) is 35.2 Å². The van der Waals surface area contributed by atoms with Gasteiger partial charge in [-0.2, -0.15) is 0 Å². The van der Waals surface area contributed by atoms with Crippen LogP contribution in [-0.2, 0) is 14.3 Å². The van der Waals surface area contributed by atoms with Crippen molar-refractivity contribution in [1.29, 1.82) is 0 Å². The number of carbonyl (C=O) groups excluding carboxylic acids is 4. The Kier molecular flexibility index (Phi) is 7.98. The van der Waals surface area contributed by atoms with E-state index in [9.17, 15) is 19.2 Å². The topological polar surface area (TPSA) is 117 Å². The molecule has 5 rings (SSSR count). The molecule has 2 atom stereocenters. The van der Waals surface area contributed by atoms with Gasteiger partial charge in [-0.05, 0) is 61.4 Å². The molecule has 2 fully saturated rings. The van der Waals surface area contributed by atoms with Crippen LogP contribution in [0.15, 0.2) is 78.9 Å². The Morgan fingerprint density at radius 2 is 1.62 bits per heavy atom. The molecular weight excluding hydrogens is 496 g/mol. The molecule has 0 bridgehead atoms. The summed E-state index contributed by atoms with van der Waals surface area (Å²) in [5.74, 6) is -1.47. The fourth-order valence-corrected chi connectivity index (χ4v) is 4.78. The fourth-order valence-electron chi connectivity index (χ4n) is 4.78. The maximum Gasteiger partial charge on any atom is 0.255 e. The van der Waals surface area contributed by atoms with Crippen LogP contribution in [0.25, 0.3) is 0 Å². The first kappa shape index (κ1) is 26.1. The van der Waals surface area contributed by atoms with Crippen LogP contribution in [0.4, 0.5) is 17.1 Å². The van der Waals surface area contributed by atoms with Crippen molar-refractivity contribution in [3.8, 4) is 0 Å². The Hall–Kier alpha value is -4.50. The summed E-state index contributed by atoms with van der Waals surface area (Å²) >= 11 is 0. The number of benzene rings is 3. The number of hydrogen-bond acceptors (Lipinski definition) is 5. The molecule has 2 saturated heterocycles. The predicted octanol–water partition coefficient (Wildman–Crippen LogP) is 3.84. The molecule has 9 nitrogen and oxygen atoms in total. The second-order valence-electron chi connectivity index (χ2n) is 9.65. The molecule has 2 unspecified atom stereocenters. The highest BCUT2D eigenvalue weighted by Crippen LogP contribution is 2.26. The van der Waals surface area contributed by atoms with E-state index < -0.39 is 5.92 Å². The standard InChI is InChI=1S/C30H30N4O5/c35-27-17-21(19-34(27)23-7-2-1-3-8-23)29(37)32-22-14-12-20(13-15-22)28(36)33-26-11-5-4-10-25(26)30(38)31-18-24-9-6-16-39-24/h1-5,7-8,10-15,21,24H,6,9,16-19H2,(H,31,38)(H,32,37)(H,33,36). The summed E-state index contributed by atoms with van der Waals surface area (Å²) in [6, 6.07) is 22.6. The van der Waals surface area contributed by atoms with Gasteiger partial charge in [0.25, 0.3) is 11.8 Å². The van der Waals surface area contributed by atoms with E-state index in [0.717, 1.165) is 18.5 Å². The summed E-state index contributed by atoms with van der Waals surface area (Å²) in [6.07, 6.45) is 2.07. The molecule has 2 heterocycles. The van der Waals surface area contributed by atoms with Crippen LogP contribution >= 0.6 is 0 Å². The summed E-state index contributed by atoms with van der Waals surface area (Å²) in [5, 5.41) is 8.52. The molecule has 2 aliphatic rings. The zero-order chi connectivity index (χ0) is 27.2. The van der Waals surface area contributed by atoms with Gasteiger partial charge in [0.05, 0.1) is 23.3 Å². The van der Waals surface area contributed by atoms with E-state index in [1.54, 1.807) is 53.4 Å². The van der Waals surface area contributed by atoms with Crippen LogP contribution in [-0.4, -0.2) is 49.4 Å². The molecular formula is C30H30N4O5. The van der Waals surface area contributed by atoms with Crippen LogP contribution in [0.5, 0.6) is 0 Å². The number of amides is 4. The summed E-state index contributed by atoms with van der Waals surface area (Å²) in [7, 11) is 0. The van der Waals surface area contributed by atoms with E-state index >= 15 is 0 Å². The van der Waals surface area contributed by atoms with Crippen molar-refractivity contribution in [1.82, 2.24) is 5.32 Å². The van der Waals surface area contributed by atoms with Crippen molar-refractivity contribution in [3.63, 3.8) is 0 Å². The van der Waals surface area contributed by atoms with Gasteiger partial charge in [-0.25, -0.2) is 0 Å². The predicted molar refractivity (Wildman–Crippen MR) is 148 cm³/mol. The van der Waals surface area contributed by atoms with Crippen molar-refractivity contribution >= 4 is 40.7 Å². The van der Waals surface area contributed by atoms with E-state index in [2.05, 4.69) is 16.0 Å². The molecule has 0 spiro atoms. The largest absolute Gasteiger partial charge is 0.376 e. The zero-order valence-electron chi connectivity index (χ0n) is 21.4. The molecule has 0 aliphatic carbocycles. The number of anilines is 3. The van der Waals surface area contributed by atoms with Crippen LogP contribution in [0, 0.1) is 5.92 Å². The number of hydrogen-bond donors (Lipinski definition) is 3. The van der Waals surface area contributed by atoms with Gasteiger partial charge in [0.1, 0.15) is 0 Å². The lowest BCUT2D eigenvalue weighted by atomic mass is 10.1. The highest BCUT2D eigenvalue weighted by molar-refractivity contribution is 6.09. The SMILES string of the molecule is O=C(Nc1ccccc1C(=O)NCC1CCCO1)c1ccc(NC(=O)C2CC(=O)N(c3ccccc3)C2)cc1. The summed E-state index contributed by atoms with van der Waals surface area (Å²) < 4.78 is 5.55. The Balaban J connectivity index is 1.17. The summed E-state index contributed by atoms with van der Waals surface area (Å²) in [5.41, 5.74) is 2.43. The lowest BCUT2D eigenvalue weighted by molar-refractivity contribution is -0.122. The monoisotopic (exact) mass is 526 g/mol. The number of nitrogens with zero attached hydrogens (tertiary/aromatic N) is 1. The first-order chi connectivity index (χ1) is 19.0. The highest BCUT2D eigenvalue weighted by atomic mass is 16.5. The third kappa shape index (κ3) is 6.32. The molecule has 2 aliphatic heterocycles. The van der Waals surface area contributed by atoms with E-state index in [4.69, 9.17) is 4.74 Å². The Morgan fingerprint density at radius 1 is 0.872 bits per heavy atom. The van der Waals surface area contributed by atoms with Gasteiger partial charge in [-0.3, -0.25) is 19.2 Å². The van der Waals surface area contributed by atoms with Gasteiger partial charge in [-0.1, -0.05) is 30.3 Å². The number of ether oxygens (including phenoxy) is 1. The van der Waals surface area contributed by atoms with Crippen LogP contribution in [0.3, 0.4) is 0 Å². The van der Waals surface area contributed by atoms with Gasteiger partial charge in [0, 0.05) is 43.1 Å². The second-order valence-corrected chi connectivity index (χ2v) is 9.65. The number of nitrogens with one attached hydrogen (secondary N) is 3. The minimum atomic E-state index is -0.469. The van der Waals surface area contributed by atoms with E-state index in [-0.39, 0.29) is 36.2 Å². The third-order valence-electron chi connectivity index (χ3n) is 6.91. The smallest absolute Gasteiger partial charge is 0.255 e. The third-order valence-corrected chi connectivity index (χ3v) is 6.91. The summed E-state index contributed by atoms with van der Waals surface area (Å²) in [4.78, 5) is 52.5. The lowest BCUT2D eigenvalue weighted by Gasteiger charge is -2.16. The Bertz CT molecular complexity index is 1350. The quantitative estimate of drug-likeness (QED) is 0.412. The maximum atomic E-state index is 12.9. The molecule has 0 saturated carbocycles. The van der Waals surface area contributed by atoms with Crippen LogP contribution in [0.2, 0.25) is 0 Å². The van der Waals surface area contributed by atoms with E-state index in [0.29, 0.717) is 42.2 Å². The molecule has 3 aromatic carbocycles.